The number of carbonyl (C=O) groups is 2. The molecular weight excluding hydrogens is 204 g/mol. The number of carbonyl (C=O) groups excluding carboxylic acids is 2. The molecule has 0 fully saturated rings. The third-order valence-corrected chi connectivity index (χ3v) is 3.13. The van der Waals surface area contributed by atoms with E-state index < -0.39 is 5.92 Å². The summed E-state index contributed by atoms with van der Waals surface area (Å²) in [6.07, 6.45) is 6.31. The SMILES string of the molecule is COC(=O)C1C(=O)C[C@H](C)C/C=C/C[C@H]1C. The summed E-state index contributed by atoms with van der Waals surface area (Å²) >= 11 is 0. The molecule has 1 aliphatic carbocycles. The van der Waals surface area contributed by atoms with Gasteiger partial charge in [0.2, 0.25) is 0 Å². The van der Waals surface area contributed by atoms with E-state index in [-0.39, 0.29) is 17.7 Å². The summed E-state index contributed by atoms with van der Waals surface area (Å²) in [5, 5.41) is 0. The first-order valence-corrected chi connectivity index (χ1v) is 5.81. The maximum absolute atomic E-state index is 12.0. The summed E-state index contributed by atoms with van der Waals surface area (Å²) in [6, 6.07) is 0. The molecule has 0 aromatic rings. The fraction of sp³-hybridized carbons (Fsp3) is 0.692. The lowest BCUT2D eigenvalue weighted by molar-refractivity contribution is -0.151. The molecule has 1 aliphatic rings. The Morgan fingerprint density at radius 2 is 1.94 bits per heavy atom. The van der Waals surface area contributed by atoms with Gasteiger partial charge in [0.05, 0.1) is 7.11 Å². The van der Waals surface area contributed by atoms with Crippen molar-refractivity contribution in [3.63, 3.8) is 0 Å². The fourth-order valence-corrected chi connectivity index (χ4v) is 2.14. The van der Waals surface area contributed by atoms with Crippen molar-refractivity contribution in [2.75, 3.05) is 7.11 Å². The molecule has 3 heteroatoms. The van der Waals surface area contributed by atoms with Crippen LogP contribution < -0.4 is 0 Å². The molecule has 3 atom stereocenters. The predicted molar refractivity (Wildman–Crippen MR) is 61.8 cm³/mol. The smallest absolute Gasteiger partial charge is 0.316 e. The van der Waals surface area contributed by atoms with Gasteiger partial charge in [-0.25, -0.2) is 0 Å². The Kier molecular flexibility index (Phi) is 4.71. The molecular formula is C13H20O3. The summed E-state index contributed by atoms with van der Waals surface area (Å²) in [5.74, 6) is -0.617. The highest BCUT2D eigenvalue weighted by Gasteiger charge is 2.33. The van der Waals surface area contributed by atoms with Crippen LogP contribution in [0.4, 0.5) is 0 Å². The average Bonchev–Trinajstić information content (AvgIpc) is 2.28. The summed E-state index contributed by atoms with van der Waals surface area (Å²) < 4.78 is 4.72. The molecule has 0 saturated heterocycles. The van der Waals surface area contributed by atoms with Crippen LogP contribution in [-0.2, 0) is 14.3 Å². The number of hydrogen-bond donors (Lipinski definition) is 0. The standard InChI is InChI=1S/C13H20O3/c1-9-6-4-5-7-10(2)12(11(14)8-9)13(15)16-3/h4-5,9-10,12H,6-8H2,1-3H3/b5-4+/t9-,10-,12?/m1/s1. The monoisotopic (exact) mass is 224 g/mol. The zero-order valence-corrected chi connectivity index (χ0v) is 10.2. The first kappa shape index (κ1) is 12.9. The predicted octanol–water partition coefficient (Wildman–Crippen LogP) is 2.36. The minimum atomic E-state index is -0.588. The van der Waals surface area contributed by atoms with E-state index in [0.29, 0.717) is 12.3 Å². The van der Waals surface area contributed by atoms with Crippen molar-refractivity contribution in [1.29, 1.82) is 0 Å². The van der Waals surface area contributed by atoms with Crippen LogP contribution in [-0.4, -0.2) is 18.9 Å². The molecule has 0 spiro atoms. The van der Waals surface area contributed by atoms with E-state index in [1.165, 1.54) is 7.11 Å². The van der Waals surface area contributed by atoms with Crippen LogP contribution in [0.15, 0.2) is 12.2 Å². The normalized spacial score (nSPS) is 33.4. The molecule has 90 valence electrons. The Morgan fingerprint density at radius 1 is 1.31 bits per heavy atom. The number of esters is 1. The largest absolute Gasteiger partial charge is 0.468 e. The van der Waals surface area contributed by atoms with E-state index in [1.54, 1.807) is 0 Å². The molecule has 0 heterocycles. The van der Waals surface area contributed by atoms with Gasteiger partial charge in [-0.2, -0.15) is 0 Å². The first-order valence-electron chi connectivity index (χ1n) is 5.81. The Morgan fingerprint density at radius 3 is 2.56 bits per heavy atom. The van der Waals surface area contributed by atoms with E-state index in [1.807, 2.05) is 13.8 Å². The van der Waals surface area contributed by atoms with E-state index in [9.17, 15) is 9.59 Å². The molecule has 0 radical (unpaired) electrons. The molecule has 0 bridgehead atoms. The molecule has 0 aromatic carbocycles. The van der Waals surface area contributed by atoms with Gasteiger partial charge in [0.15, 0.2) is 0 Å². The number of Topliss-reactive ketones (excluding diaryl/α,β-unsaturated/α-hetero) is 1. The summed E-state index contributed by atoms with van der Waals surface area (Å²) in [4.78, 5) is 23.6. The van der Waals surface area contributed by atoms with Crippen molar-refractivity contribution in [2.24, 2.45) is 17.8 Å². The van der Waals surface area contributed by atoms with Crippen LogP contribution in [0.2, 0.25) is 0 Å². The quantitative estimate of drug-likeness (QED) is 0.390. The maximum Gasteiger partial charge on any atom is 0.316 e. The number of ketones is 1. The minimum Gasteiger partial charge on any atom is -0.468 e. The number of rotatable bonds is 1. The van der Waals surface area contributed by atoms with Gasteiger partial charge in [0.1, 0.15) is 11.7 Å². The van der Waals surface area contributed by atoms with Gasteiger partial charge in [0.25, 0.3) is 0 Å². The molecule has 0 amide bonds. The second kappa shape index (κ2) is 5.83. The Bertz CT molecular complexity index is 294. The van der Waals surface area contributed by atoms with Gasteiger partial charge < -0.3 is 4.74 Å². The van der Waals surface area contributed by atoms with Crippen molar-refractivity contribution in [2.45, 2.75) is 33.1 Å². The highest BCUT2D eigenvalue weighted by Crippen LogP contribution is 2.25. The van der Waals surface area contributed by atoms with Gasteiger partial charge in [-0.1, -0.05) is 26.0 Å². The zero-order chi connectivity index (χ0) is 12.1. The lowest BCUT2D eigenvalue weighted by Crippen LogP contribution is -2.31. The number of methoxy groups -OCH3 is 1. The van der Waals surface area contributed by atoms with Crippen LogP contribution >= 0.6 is 0 Å². The third kappa shape index (κ3) is 3.19. The molecule has 0 aliphatic heterocycles. The fourth-order valence-electron chi connectivity index (χ4n) is 2.14. The van der Waals surface area contributed by atoms with Gasteiger partial charge in [-0.05, 0) is 24.7 Å². The van der Waals surface area contributed by atoms with Crippen LogP contribution in [0.3, 0.4) is 0 Å². The molecule has 16 heavy (non-hydrogen) atoms. The van der Waals surface area contributed by atoms with Crippen molar-refractivity contribution in [3.05, 3.63) is 12.2 Å². The van der Waals surface area contributed by atoms with Crippen molar-refractivity contribution >= 4 is 11.8 Å². The number of ether oxygens (including phenoxy) is 1. The van der Waals surface area contributed by atoms with Crippen molar-refractivity contribution < 1.29 is 14.3 Å². The molecule has 1 unspecified atom stereocenters. The van der Waals surface area contributed by atoms with E-state index >= 15 is 0 Å². The minimum absolute atomic E-state index is 0.0237. The van der Waals surface area contributed by atoms with Crippen LogP contribution in [0, 0.1) is 17.8 Å². The molecule has 3 nitrogen and oxygen atoms in total. The Labute approximate surface area is 96.9 Å². The Hall–Kier alpha value is -1.12. The molecule has 0 saturated carbocycles. The van der Waals surface area contributed by atoms with Gasteiger partial charge in [-0.15, -0.1) is 0 Å². The topological polar surface area (TPSA) is 43.4 Å². The number of allylic oxidation sites excluding steroid dienone is 2. The van der Waals surface area contributed by atoms with Crippen LogP contribution in [0.1, 0.15) is 33.1 Å². The van der Waals surface area contributed by atoms with E-state index in [2.05, 4.69) is 12.2 Å². The zero-order valence-electron chi connectivity index (χ0n) is 10.2. The van der Waals surface area contributed by atoms with Crippen LogP contribution in [0.5, 0.6) is 0 Å². The van der Waals surface area contributed by atoms with Gasteiger partial charge >= 0.3 is 5.97 Å². The van der Waals surface area contributed by atoms with Crippen molar-refractivity contribution in [3.8, 4) is 0 Å². The van der Waals surface area contributed by atoms with E-state index in [4.69, 9.17) is 4.74 Å². The van der Waals surface area contributed by atoms with Gasteiger partial charge in [0, 0.05) is 6.42 Å². The second-order valence-corrected chi connectivity index (χ2v) is 4.70. The lowest BCUT2D eigenvalue weighted by Gasteiger charge is -2.19. The molecule has 0 N–H and O–H groups in total. The second-order valence-electron chi connectivity index (χ2n) is 4.70. The highest BCUT2D eigenvalue weighted by molar-refractivity contribution is 5.99. The van der Waals surface area contributed by atoms with Gasteiger partial charge in [-0.3, -0.25) is 9.59 Å². The maximum atomic E-state index is 12.0. The first-order chi connectivity index (χ1) is 7.56. The van der Waals surface area contributed by atoms with E-state index in [0.717, 1.165) is 12.8 Å². The Balaban J connectivity index is 2.86. The van der Waals surface area contributed by atoms with Crippen LogP contribution in [0.25, 0.3) is 0 Å². The lowest BCUT2D eigenvalue weighted by atomic mass is 9.85. The molecule has 1 rings (SSSR count). The summed E-state index contributed by atoms with van der Waals surface area (Å²) in [5.41, 5.74) is 0. The average molecular weight is 224 g/mol. The third-order valence-electron chi connectivity index (χ3n) is 3.13. The molecule has 0 aromatic heterocycles. The highest BCUT2D eigenvalue weighted by atomic mass is 16.5. The number of hydrogen-bond acceptors (Lipinski definition) is 3. The summed E-state index contributed by atoms with van der Waals surface area (Å²) in [6.45, 7) is 3.96. The van der Waals surface area contributed by atoms with Crippen molar-refractivity contribution in [1.82, 2.24) is 0 Å². The summed E-state index contributed by atoms with van der Waals surface area (Å²) in [7, 11) is 1.34.